The summed E-state index contributed by atoms with van der Waals surface area (Å²) in [7, 11) is 0. The van der Waals surface area contributed by atoms with Gasteiger partial charge in [0.25, 0.3) is 0 Å². The van der Waals surface area contributed by atoms with Gasteiger partial charge in [-0.25, -0.2) is 0 Å². The van der Waals surface area contributed by atoms with E-state index in [9.17, 15) is 0 Å². The lowest BCUT2D eigenvalue weighted by atomic mass is 10.1. The zero-order chi connectivity index (χ0) is 14.5. The average molecular weight is 297 g/mol. The SMILES string of the molecule is CCCCCCCCCCCOCc1ccc(Cl)cc1. The third-order valence-corrected chi connectivity index (χ3v) is 3.83. The molecule has 0 aromatic heterocycles. The van der Waals surface area contributed by atoms with Gasteiger partial charge in [-0.15, -0.1) is 0 Å². The molecular weight excluding hydrogens is 268 g/mol. The van der Waals surface area contributed by atoms with E-state index in [4.69, 9.17) is 16.3 Å². The fourth-order valence-electron chi connectivity index (χ4n) is 2.29. The van der Waals surface area contributed by atoms with Crippen molar-refractivity contribution in [1.82, 2.24) is 0 Å². The Morgan fingerprint density at radius 2 is 1.35 bits per heavy atom. The highest BCUT2D eigenvalue weighted by Crippen LogP contribution is 2.11. The van der Waals surface area contributed by atoms with Crippen molar-refractivity contribution in [3.63, 3.8) is 0 Å². The van der Waals surface area contributed by atoms with Crippen molar-refractivity contribution in [2.24, 2.45) is 0 Å². The van der Waals surface area contributed by atoms with Crippen LogP contribution in [0.15, 0.2) is 24.3 Å². The molecule has 114 valence electrons. The Morgan fingerprint density at radius 1 is 0.800 bits per heavy atom. The zero-order valence-corrected chi connectivity index (χ0v) is 13.6. The summed E-state index contributed by atoms with van der Waals surface area (Å²) in [5.74, 6) is 0. The topological polar surface area (TPSA) is 9.23 Å². The molecule has 0 N–H and O–H groups in total. The summed E-state index contributed by atoms with van der Waals surface area (Å²) in [5, 5.41) is 0.785. The van der Waals surface area contributed by atoms with E-state index in [-0.39, 0.29) is 0 Å². The van der Waals surface area contributed by atoms with Crippen molar-refractivity contribution in [3.05, 3.63) is 34.9 Å². The van der Waals surface area contributed by atoms with Gasteiger partial charge in [0.15, 0.2) is 0 Å². The van der Waals surface area contributed by atoms with Gasteiger partial charge in [-0.05, 0) is 24.1 Å². The third-order valence-electron chi connectivity index (χ3n) is 3.57. The molecule has 0 bridgehead atoms. The molecule has 0 unspecified atom stereocenters. The molecule has 0 aliphatic heterocycles. The molecule has 20 heavy (non-hydrogen) atoms. The van der Waals surface area contributed by atoms with Crippen molar-refractivity contribution >= 4 is 11.6 Å². The van der Waals surface area contributed by atoms with Crippen LogP contribution in [0.1, 0.15) is 70.3 Å². The summed E-state index contributed by atoms with van der Waals surface area (Å²) >= 11 is 5.84. The normalized spacial score (nSPS) is 10.9. The van der Waals surface area contributed by atoms with Crippen LogP contribution in [0, 0.1) is 0 Å². The number of halogens is 1. The second kappa shape index (κ2) is 12.2. The van der Waals surface area contributed by atoms with Crippen LogP contribution in [0.4, 0.5) is 0 Å². The molecule has 0 aliphatic carbocycles. The van der Waals surface area contributed by atoms with Gasteiger partial charge in [-0.1, -0.05) is 82.0 Å². The minimum Gasteiger partial charge on any atom is -0.377 e. The standard InChI is InChI=1S/C18H29ClO/c1-2-3-4-5-6-7-8-9-10-15-20-16-17-11-13-18(19)14-12-17/h11-14H,2-10,15-16H2,1H3. The fourth-order valence-corrected chi connectivity index (χ4v) is 2.41. The van der Waals surface area contributed by atoms with Crippen molar-refractivity contribution in [3.8, 4) is 0 Å². The van der Waals surface area contributed by atoms with Gasteiger partial charge in [-0.2, -0.15) is 0 Å². The second-order valence-electron chi connectivity index (χ2n) is 5.51. The summed E-state index contributed by atoms with van der Waals surface area (Å²) in [6.45, 7) is 3.84. The summed E-state index contributed by atoms with van der Waals surface area (Å²) in [6.07, 6.45) is 12.2. The van der Waals surface area contributed by atoms with Crippen LogP contribution in [-0.2, 0) is 11.3 Å². The number of ether oxygens (including phenoxy) is 1. The molecule has 0 aliphatic rings. The first kappa shape index (κ1) is 17.5. The van der Waals surface area contributed by atoms with Crippen LogP contribution in [0.3, 0.4) is 0 Å². The molecule has 0 heterocycles. The highest BCUT2D eigenvalue weighted by Gasteiger charge is 1.95. The number of rotatable bonds is 12. The lowest BCUT2D eigenvalue weighted by Crippen LogP contribution is -1.95. The molecule has 2 heteroatoms. The lowest BCUT2D eigenvalue weighted by molar-refractivity contribution is 0.116. The van der Waals surface area contributed by atoms with Gasteiger partial charge < -0.3 is 4.74 Å². The van der Waals surface area contributed by atoms with Crippen LogP contribution >= 0.6 is 11.6 Å². The quantitative estimate of drug-likeness (QED) is 0.406. The average Bonchev–Trinajstić information content (AvgIpc) is 2.47. The first-order valence-corrected chi connectivity index (χ1v) is 8.53. The van der Waals surface area contributed by atoms with Crippen molar-refractivity contribution < 1.29 is 4.74 Å². The Labute approximate surface area is 129 Å². The first-order chi connectivity index (χ1) is 9.83. The highest BCUT2D eigenvalue weighted by molar-refractivity contribution is 6.30. The monoisotopic (exact) mass is 296 g/mol. The van der Waals surface area contributed by atoms with Gasteiger partial charge in [-0.3, -0.25) is 0 Å². The third kappa shape index (κ3) is 9.39. The van der Waals surface area contributed by atoms with E-state index >= 15 is 0 Å². The number of hydrogen-bond acceptors (Lipinski definition) is 1. The van der Waals surface area contributed by atoms with Crippen molar-refractivity contribution in [2.45, 2.75) is 71.3 Å². The molecule has 0 spiro atoms. The smallest absolute Gasteiger partial charge is 0.0716 e. The summed E-state index contributed by atoms with van der Waals surface area (Å²) < 4.78 is 5.68. The van der Waals surface area contributed by atoms with Crippen LogP contribution in [0.5, 0.6) is 0 Å². The summed E-state index contributed by atoms with van der Waals surface area (Å²) in [4.78, 5) is 0. The van der Waals surface area contributed by atoms with E-state index < -0.39 is 0 Å². The molecule has 0 amide bonds. The van der Waals surface area contributed by atoms with E-state index in [1.54, 1.807) is 0 Å². The van der Waals surface area contributed by atoms with Crippen LogP contribution in [0.25, 0.3) is 0 Å². The molecule has 0 saturated heterocycles. The molecular formula is C18H29ClO. The fraction of sp³-hybridized carbons (Fsp3) is 0.667. The Kier molecular flexibility index (Phi) is 10.7. The number of benzene rings is 1. The van der Waals surface area contributed by atoms with Crippen molar-refractivity contribution in [2.75, 3.05) is 6.61 Å². The second-order valence-corrected chi connectivity index (χ2v) is 5.94. The van der Waals surface area contributed by atoms with E-state index in [0.717, 1.165) is 11.6 Å². The van der Waals surface area contributed by atoms with E-state index in [2.05, 4.69) is 6.92 Å². The highest BCUT2D eigenvalue weighted by atomic mass is 35.5. The van der Waals surface area contributed by atoms with Gasteiger partial charge in [0.05, 0.1) is 6.61 Å². The molecule has 0 radical (unpaired) electrons. The molecule has 1 rings (SSSR count). The maximum atomic E-state index is 5.84. The summed E-state index contributed by atoms with van der Waals surface area (Å²) in [5.41, 5.74) is 1.20. The molecule has 1 aromatic rings. The largest absolute Gasteiger partial charge is 0.377 e. The van der Waals surface area contributed by atoms with Crippen molar-refractivity contribution in [1.29, 1.82) is 0 Å². The van der Waals surface area contributed by atoms with Gasteiger partial charge in [0, 0.05) is 11.6 Å². The Bertz CT molecular complexity index is 321. The Morgan fingerprint density at radius 3 is 1.95 bits per heavy atom. The molecule has 1 nitrogen and oxygen atoms in total. The minimum absolute atomic E-state index is 0.703. The number of unbranched alkanes of at least 4 members (excludes halogenated alkanes) is 8. The molecule has 0 fully saturated rings. The maximum Gasteiger partial charge on any atom is 0.0716 e. The minimum atomic E-state index is 0.703. The van der Waals surface area contributed by atoms with Gasteiger partial charge in [0.2, 0.25) is 0 Å². The van der Waals surface area contributed by atoms with Crippen LogP contribution < -0.4 is 0 Å². The Balaban J connectivity index is 1.84. The Hall–Kier alpha value is -0.530. The zero-order valence-electron chi connectivity index (χ0n) is 12.9. The van der Waals surface area contributed by atoms with Gasteiger partial charge in [0.1, 0.15) is 0 Å². The van der Waals surface area contributed by atoms with Gasteiger partial charge >= 0.3 is 0 Å². The predicted molar refractivity (Wildman–Crippen MR) is 88.3 cm³/mol. The molecule has 1 aromatic carbocycles. The molecule has 0 saturated carbocycles. The predicted octanol–water partition coefficient (Wildman–Crippen LogP) is 6.39. The van der Waals surface area contributed by atoms with Crippen LogP contribution in [0.2, 0.25) is 5.02 Å². The van der Waals surface area contributed by atoms with Crippen LogP contribution in [-0.4, -0.2) is 6.61 Å². The van der Waals surface area contributed by atoms with E-state index in [0.29, 0.717) is 6.61 Å². The maximum absolute atomic E-state index is 5.84. The number of hydrogen-bond donors (Lipinski definition) is 0. The van der Waals surface area contributed by atoms with E-state index in [1.807, 2.05) is 24.3 Å². The first-order valence-electron chi connectivity index (χ1n) is 8.15. The summed E-state index contributed by atoms with van der Waals surface area (Å²) in [6, 6.07) is 7.88. The van der Waals surface area contributed by atoms with E-state index in [1.165, 1.54) is 63.4 Å². The lowest BCUT2D eigenvalue weighted by Gasteiger charge is -2.05. The molecule has 0 atom stereocenters.